The van der Waals surface area contributed by atoms with Gasteiger partial charge in [-0.25, -0.2) is 0 Å². The molecule has 0 aliphatic carbocycles. The monoisotopic (exact) mass is 146 g/mol. The first-order valence-corrected chi connectivity index (χ1v) is 3.15. The lowest BCUT2D eigenvalue weighted by atomic mass is 10.6. The van der Waals surface area contributed by atoms with Gasteiger partial charge < -0.3 is 4.84 Å². The lowest BCUT2D eigenvalue weighted by Gasteiger charge is -1.87. The normalized spacial score (nSPS) is 11.3. The topological polar surface area (TPSA) is 21.6 Å². The van der Waals surface area contributed by atoms with Gasteiger partial charge in [0.25, 0.3) is 0 Å². The molecule has 0 saturated carbocycles. The van der Waals surface area contributed by atoms with Gasteiger partial charge >= 0.3 is 0 Å². The molecule has 0 bridgehead atoms. The van der Waals surface area contributed by atoms with Gasteiger partial charge in [0.2, 0.25) is 0 Å². The largest absolute Gasteiger partial charge is 0.391 e. The Labute approximate surface area is 60.1 Å². The molecular formula is C6H9ClNO. The predicted octanol–water partition coefficient (Wildman–Crippen LogP) is 2.03. The van der Waals surface area contributed by atoms with E-state index in [0.717, 1.165) is 6.42 Å². The second-order valence-electron chi connectivity index (χ2n) is 1.26. The van der Waals surface area contributed by atoms with Gasteiger partial charge in [-0.05, 0) is 12.5 Å². The van der Waals surface area contributed by atoms with Gasteiger partial charge in [0.05, 0.1) is 0 Å². The smallest absolute Gasteiger partial charge is 0.136 e. The molecule has 0 rings (SSSR count). The molecule has 9 heavy (non-hydrogen) atoms. The molecule has 2 nitrogen and oxygen atoms in total. The SMILES string of the molecule is CC/[C]=N/OC/C=C/Cl. The second-order valence-corrected chi connectivity index (χ2v) is 1.51. The molecule has 0 fully saturated rings. The summed E-state index contributed by atoms with van der Waals surface area (Å²) in [6, 6.07) is 0. The van der Waals surface area contributed by atoms with E-state index in [9.17, 15) is 0 Å². The molecule has 1 radical (unpaired) electrons. The van der Waals surface area contributed by atoms with Gasteiger partial charge in [-0.15, -0.1) is 0 Å². The van der Waals surface area contributed by atoms with Crippen molar-refractivity contribution in [2.24, 2.45) is 5.16 Å². The number of rotatable bonds is 4. The Bertz CT molecular complexity index is 101. The van der Waals surface area contributed by atoms with Crippen LogP contribution in [-0.2, 0) is 4.84 Å². The van der Waals surface area contributed by atoms with E-state index in [1.165, 1.54) is 5.54 Å². The molecule has 0 heterocycles. The third-order valence-corrected chi connectivity index (χ3v) is 0.725. The van der Waals surface area contributed by atoms with E-state index < -0.39 is 0 Å². The molecule has 0 amide bonds. The fourth-order valence-electron chi connectivity index (χ4n) is 0.227. The molecule has 0 spiro atoms. The van der Waals surface area contributed by atoms with Crippen LogP contribution < -0.4 is 0 Å². The number of nitrogens with zero attached hydrogens (tertiary/aromatic N) is 1. The highest BCUT2D eigenvalue weighted by atomic mass is 35.5. The maximum Gasteiger partial charge on any atom is 0.136 e. The summed E-state index contributed by atoms with van der Waals surface area (Å²) in [4.78, 5) is 4.66. The van der Waals surface area contributed by atoms with E-state index in [4.69, 9.17) is 11.6 Å². The third-order valence-electron chi connectivity index (χ3n) is 0.547. The van der Waals surface area contributed by atoms with Crippen molar-refractivity contribution in [2.45, 2.75) is 13.3 Å². The summed E-state index contributed by atoms with van der Waals surface area (Å²) in [5, 5.41) is 3.47. The van der Waals surface area contributed by atoms with Crippen molar-refractivity contribution < 1.29 is 4.84 Å². The van der Waals surface area contributed by atoms with Crippen LogP contribution in [0, 0.1) is 0 Å². The first-order chi connectivity index (χ1) is 4.41. The molecule has 0 unspecified atom stereocenters. The second kappa shape index (κ2) is 7.50. The molecule has 0 atom stereocenters. The minimum Gasteiger partial charge on any atom is -0.391 e. The zero-order valence-corrected chi connectivity index (χ0v) is 6.06. The molecule has 0 saturated heterocycles. The highest BCUT2D eigenvalue weighted by Crippen LogP contribution is 1.81. The highest BCUT2D eigenvalue weighted by Gasteiger charge is 1.72. The summed E-state index contributed by atoms with van der Waals surface area (Å²) in [6.45, 7) is 2.35. The molecular weight excluding hydrogens is 138 g/mol. The van der Waals surface area contributed by atoms with E-state index >= 15 is 0 Å². The standard InChI is InChI=1S/C6H9ClNO/c1-2-5-8-9-6-3-4-7/h3-4H,2,6H2,1H3/b4-3+,8-5?. The predicted molar refractivity (Wildman–Crippen MR) is 38.7 cm³/mol. The van der Waals surface area contributed by atoms with Crippen molar-refractivity contribution >= 4 is 17.8 Å². The highest BCUT2D eigenvalue weighted by molar-refractivity contribution is 6.25. The molecule has 3 heteroatoms. The lowest BCUT2D eigenvalue weighted by molar-refractivity contribution is 0.176. The van der Waals surface area contributed by atoms with Crippen molar-refractivity contribution in [1.82, 2.24) is 0 Å². The minimum atomic E-state index is 0.413. The van der Waals surface area contributed by atoms with Crippen LogP contribution in [-0.4, -0.2) is 12.8 Å². The van der Waals surface area contributed by atoms with Crippen LogP contribution >= 0.6 is 11.6 Å². The first-order valence-electron chi connectivity index (χ1n) is 2.72. The van der Waals surface area contributed by atoms with Crippen LogP contribution in [0.15, 0.2) is 16.8 Å². The van der Waals surface area contributed by atoms with E-state index in [2.05, 4.69) is 16.2 Å². The summed E-state index contributed by atoms with van der Waals surface area (Å²) >= 11 is 5.19. The molecule has 0 aromatic carbocycles. The van der Waals surface area contributed by atoms with Gasteiger partial charge in [0, 0.05) is 5.54 Å². The zero-order chi connectivity index (χ0) is 6.95. The first kappa shape index (κ1) is 8.50. The summed E-state index contributed by atoms with van der Waals surface area (Å²) in [5.41, 5.74) is 1.39. The average molecular weight is 147 g/mol. The van der Waals surface area contributed by atoms with E-state index in [1.807, 2.05) is 6.92 Å². The average Bonchev–Trinajstić information content (AvgIpc) is 1.89. The van der Waals surface area contributed by atoms with Gasteiger partial charge in [-0.3, -0.25) is 0 Å². The molecule has 0 aliphatic heterocycles. The van der Waals surface area contributed by atoms with Crippen LogP contribution in [0.5, 0.6) is 0 Å². The summed E-state index contributed by atoms with van der Waals surface area (Å²) in [5.74, 6) is 0. The van der Waals surface area contributed by atoms with E-state index in [-0.39, 0.29) is 0 Å². The fourth-order valence-corrected chi connectivity index (χ4v) is 0.300. The quantitative estimate of drug-likeness (QED) is 0.338. The van der Waals surface area contributed by atoms with Crippen LogP contribution in [0.25, 0.3) is 0 Å². The van der Waals surface area contributed by atoms with Crippen LogP contribution in [0.1, 0.15) is 13.3 Å². The van der Waals surface area contributed by atoms with Gasteiger partial charge in [-0.1, -0.05) is 23.7 Å². The number of hydrogen-bond acceptors (Lipinski definition) is 2. The van der Waals surface area contributed by atoms with Crippen molar-refractivity contribution in [3.8, 4) is 0 Å². The lowest BCUT2D eigenvalue weighted by Crippen LogP contribution is -1.80. The van der Waals surface area contributed by atoms with Crippen molar-refractivity contribution in [2.75, 3.05) is 6.61 Å². The fraction of sp³-hybridized carbons (Fsp3) is 0.500. The minimum absolute atomic E-state index is 0.413. The summed E-state index contributed by atoms with van der Waals surface area (Å²) < 4.78 is 0. The number of halogens is 1. The van der Waals surface area contributed by atoms with Crippen LogP contribution in [0.3, 0.4) is 0 Å². The van der Waals surface area contributed by atoms with Crippen molar-refractivity contribution in [3.63, 3.8) is 0 Å². The van der Waals surface area contributed by atoms with Crippen LogP contribution in [0.4, 0.5) is 0 Å². The Balaban J connectivity index is 2.99. The third kappa shape index (κ3) is 7.50. The van der Waals surface area contributed by atoms with Gasteiger partial charge in [-0.2, -0.15) is 0 Å². The van der Waals surface area contributed by atoms with Crippen molar-refractivity contribution in [3.05, 3.63) is 11.6 Å². The maximum atomic E-state index is 5.19. The molecule has 0 aliphatic rings. The Morgan fingerprint density at radius 2 is 2.56 bits per heavy atom. The van der Waals surface area contributed by atoms with Crippen LogP contribution in [0.2, 0.25) is 0 Å². The maximum absolute atomic E-state index is 5.19. The van der Waals surface area contributed by atoms with E-state index in [1.54, 1.807) is 6.08 Å². The van der Waals surface area contributed by atoms with Crippen molar-refractivity contribution in [1.29, 1.82) is 0 Å². The Hall–Kier alpha value is -0.500. The number of hydrogen-bond donors (Lipinski definition) is 0. The molecule has 51 valence electrons. The molecule has 0 aromatic heterocycles. The van der Waals surface area contributed by atoms with Gasteiger partial charge in [0.15, 0.2) is 0 Å². The molecule has 0 N–H and O–H groups in total. The molecule has 0 aromatic rings. The van der Waals surface area contributed by atoms with Gasteiger partial charge in [0.1, 0.15) is 12.8 Å². The Morgan fingerprint density at radius 1 is 1.78 bits per heavy atom. The Kier molecular flexibility index (Phi) is 7.08. The Morgan fingerprint density at radius 3 is 3.11 bits per heavy atom. The summed E-state index contributed by atoms with van der Waals surface area (Å²) in [6.07, 6.45) is 5.06. The zero-order valence-electron chi connectivity index (χ0n) is 5.30. The summed E-state index contributed by atoms with van der Waals surface area (Å²) in [7, 11) is 0. The van der Waals surface area contributed by atoms with E-state index in [0.29, 0.717) is 6.61 Å².